The topological polar surface area (TPSA) is 0 Å². The molecule has 5 rings (SSSR count). The van der Waals surface area contributed by atoms with E-state index in [9.17, 15) is 0 Å². The van der Waals surface area contributed by atoms with E-state index in [4.69, 9.17) is 0 Å². The highest BCUT2D eigenvalue weighted by atomic mass is 32.2. The Morgan fingerprint density at radius 1 is 0.514 bits per heavy atom. The fourth-order valence-corrected chi connectivity index (χ4v) is 8.18. The summed E-state index contributed by atoms with van der Waals surface area (Å²) in [6.07, 6.45) is 7.48. The predicted molar refractivity (Wildman–Crippen MR) is 161 cm³/mol. The van der Waals surface area contributed by atoms with Gasteiger partial charge in [0, 0.05) is 5.41 Å². The molecule has 0 fully saturated rings. The van der Waals surface area contributed by atoms with Gasteiger partial charge in [-0.25, -0.2) is 0 Å². The monoisotopic (exact) mass is 505 g/mol. The highest BCUT2D eigenvalue weighted by Crippen LogP contribution is 2.55. The second-order valence-corrected chi connectivity index (χ2v) is 13.0. The van der Waals surface area contributed by atoms with E-state index in [1.807, 2.05) is 0 Å². The summed E-state index contributed by atoms with van der Waals surface area (Å²) in [5.74, 6) is 0. The number of benzene rings is 4. The van der Waals surface area contributed by atoms with Crippen molar-refractivity contribution in [3.05, 3.63) is 113 Å². The summed E-state index contributed by atoms with van der Waals surface area (Å²) in [7, 11) is -0.138. The predicted octanol–water partition coefficient (Wildman–Crippen LogP) is 10.4. The lowest BCUT2D eigenvalue weighted by molar-refractivity contribution is 0.414. The molecule has 0 saturated carbocycles. The van der Waals surface area contributed by atoms with Gasteiger partial charge in [-0.05, 0) is 98.3 Å². The standard InChI is InChI=1S/C36H41S/c1-6-8-22-36(23-9-7-2)34-21-14-28(5)24-33(34)32-20-19-31(25-35(32)36)37(29-15-10-26(3)11-16-29)30-17-12-27(4)13-18-30/h10-21,24-25H,6-9,22-23H2,1-5H3/q+1. The summed E-state index contributed by atoms with van der Waals surface area (Å²) in [5.41, 5.74) is 10.2. The summed E-state index contributed by atoms with van der Waals surface area (Å²) in [6.45, 7) is 11.3. The molecular formula is C36H41S+. The van der Waals surface area contributed by atoms with Gasteiger partial charge >= 0.3 is 0 Å². The quantitative estimate of drug-likeness (QED) is 0.198. The molecule has 37 heavy (non-hydrogen) atoms. The molecule has 190 valence electrons. The van der Waals surface area contributed by atoms with Gasteiger partial charge in [-0.1, -0.05) is 98.7 Å². The summed E-state index contributed by atoms with van der Waals surface area (Å²) in [6, 6.07) is 33.1. The number of unbranched alkanes of at least 4 members (excludes halogenated alkanes) is 2. The molecule has 0 heterocycles. The van der Waals surface area contributed by atoms with E-state index < -0.39 is 0 Å². The Kier molecular flexibility index (Phi) is 7.63. The first kappa shape index (κ1) is 25.9. The van der Waals surface area contributed by atoms with E-state index >= 15 is 0 Å². The molecule has 0 saturated heterocycles. The smallest absolute Gasteiger partial charge is 0.0654 e. The van der Waals surface area contributed by atoms with Crippen LogP contribution in [0.4, 0.5) is 0 Å². The van der Waals surface area contributed by atoms with Crippen molar-refractivity contribution in [1.29, 1.82) is 0 Å². The lowest BCUT2D eigenvalue weighted by atomic mass is 9.71. The van der Waals surface area contributed by atoms with Gasteiger partial charge in [0.05, 0.1) is 10.9 Å². The van der Waals surface area contributed by atoms with Crippen molar-refractivity contribution in [2.24, 2.45) is 0 Å². The van der Waals surface area contributed by atoms with Gasteiger partial charge in [0.1, 0.15) is 0 Å². The van der Waals surface area contributed by atoms with Gasteiger partial charge in [-0.3, -0.25) is 0 Å². The van der Waals surface area contributed by atoms with E-state index in [1.165, 1.54) is 81.0 Å². The van der Waals surface area contributed by atoms with Crippen molar-refractivity contribution in [2.75, 3.05) is 0 Å². The Hall–Kier alpha value is -2.77. The largest absolute Gasteiger partial charge is 0.166 e. The average molecular weight is 506 g/mol. The lowest BCUT2D eigenvalue weighted by Gasteiger charge is -2.32. The fourth-order valence-electron chi connectivity index (χ4n) is 6.10. The van der Waals surface area contributed by atoms with Crippen molar-refractivity contribution in [2.45, 2.75) is 93.2 Å². The first-order valence-electron chi connectivity index (χ1n) is 14.1. The first-order chi connectivity index (χ1) is 18.0. The maximum absolute atomic E-state index is 2.61. The zero-order valence-corrected chi connectivity index (χ0v) is 24.1. The lowest BCUT2D eigenvalue weighted by Crippen LogP contribution is -2.25. The second-order valence-electron chi connectivity index (χ2n) is 11.0. The number of fused-ring (bicyclic) bond motifs is 3. The second kappa shape index (κ2) is 10.9. The van der Waals surface area contributed by atoms with Gasteiger partial charge in [0.2, 0.25) is 0 Å². The van der Waals surface area contributed by atoms with Gasteiger partial charge in [0.25, 0.3) is 0 Å². The van der Waals surface area contributed by atoms with E-state index in [2.05, 4.69) is 120 Å². The molecule has 0 spiro atoms. The minimum atomic E-state index is -0.138. The van der Waals surface area contributed by atoms with Gasteiger partial charge in [-0.15, -0.1) is 0 Å². The Balaban J connectivity index is 1.72. The van der Waals surface area contributed by atoms with Crippen LogP contribution in [-0.4, -0.2) is 0 Å². The molecule has 0 radical (unpaired) electrons. The van der Waals surface area contributed by atoms with E-state index in [0.717, 1.165) is 0 Å². The summed E-state index contributed by atoms with van der Waals surface area (Å²) in [4.78, 5) is 4.23. The summed E-state index contributed by atoms with van der Waals surface area (Å²) < 4.78 is 0. The Labute approximate surface area is 227 Å². The number of hydrogen-bond acceptors (Lipinski definition) is 0. The molecule has 1 aliphatic carbocycles. The normalized spacial score (nSPS) is 13.6. The third kappa shape index (κ3) is 4.91. The summed E-state index contributed by atoms with van der Waals surface area (Å²) in [5, 5.41) is 0. The first-order valence-corrected chi connectivity index (χ1v) is 15.3. The molecule has 0 amide bonds. The van der Waals surface area contributed by atoms with E-state index in [1.54, 1.807) is 11.1 Å². The maximum atomic E-state index is 2.61. The van der Waals surface area contributed by atoms with Crippen LogP contribution in [0.5, 0.6) is 0 Å². The van der Waals surface area contributed by atoms with Gasteiger partial charge in [-0.2, -0.15) is 0 Å². The molecule has 1 aliphatic rings. The van der Waals surface area contributed by atoms with Crippen LogP contribution in [0, 0.1) is 20.8 Å². The molecule has 0 atom stereocenters. The number of hydrogen-bond donors (Lipinski definition) is 0. The van der Waals surface area contributed by atoms with Crippen LogP contribution in [0.2, 0.25) is 0 Å². The molecule has 0 aliphatic heterocycles. The third-order valence-corrected chi connectivity index (χ3v) is 10.4. The maximum Gasteiger partial charge on any atom is 0.166 e. The Morgan fingerprint density at radius 3 is 1.57 bits per heavy atom. The van der Waals surface area contributed by atoms with Crippen molar-refractivity contribution < 1.29 is 0 Å². The average Bonchev–Trinajstić information content (AvgIpc) is 3.17. The van der Waals surface area contributed by atoms with Crippen LogP contribution < -0.4 is 0 Å². The van der Waals surface area contributed by atoms with Gasteiger partial charge in [0.15, 0.2) is 14.7 Å². The summed E-state index contributed by atoms with van der Waals surface area (Å²) >= 11 is 0. The van der Waals surface area contributed by atoms with Gasteiger partial charge < -0.3 is 0 Å². The molecule has 4 aromatic rings. The van der Waals surface area contributed by atoms with Crippen molar-refractivity contribution in [3.8, 4) is 11.1 Å². The molecule has 0 unspecified atom stereocenters. The van der Waals surface area contributed by atoms with Crippen molar-refractivity contribution in [1.82, 2.24) is 0 Å². The molecule has 0 N–H and O–H groups in total. The molecule has 4 aromatic carbocycles. The van der Waals surface area contributed by atoms with E-state index in [-0.39, 0.29) is 16.3 Å². The minimum Gasteiger partial charge on any atom is -0.0654 e. The van der Waals surface area contributed by atoms with Crippen LogP contribution in [-0.2, 0) is 16.3 Å². The molecule has 1 heteroatoms. The SMILES string of the molecule is CCCCC1(CCCC)c2ccc(C)cc2-c2ccc([S+](c3ccc(C)cc3)c3ccc(C)cc3)cc21. The van der Waals surface area contributed by atoms with Crippen LogP contribution in [0.25, 0.3) is 11.1 Å². The highest BCUT2D eigenvalue weighted by molar-refractivity contribution is 7.97. The fraction of sp³-hybridized carbons (Fsp3) is 0.333. The Morgan fingerprint density at radius 2 is 1.03 bits per heavy atom. The van der Waals surface area contributed by atoms with Crippen LogP contribution in [0.3, 0.4) is 0 Å². The minimum absolute atomic E-state index is 0.121. The zero-order valence-electron chi connectivity index (χ0n) is 23.2. The van der Waals surface area contributed by atoms with Crippen LogP contribution >= 0.6 is 0 Å². The van der Waals surface area contributed by atoms with Crippen LogP contribution in [0.1, 0.15) is 80.2 Å². The van der Waals surface area contributed by atoms with E-state index in [0.29, 0.717) is 0 Å². The zero-order chi connectivity index (χ0) is 26.0. The molecular weight excluding hydrogens is 464 g/mol. The Bertz CT molecular complexity index is 1310. The number of rotatable bonds is 9. The molecule has 0 nitrogen and oxygen atoms in total. The highest BCUT2D eigenvalue weighted by Gasteiger charge is 2.43. The van der Waals surface area contributed by atoms with Crippen molar-refractivity contribution in [3.63, 3.8) is 0 Å². The third-order valence-electron chi connectivity index (χ3n) is 8.15. The number of aryl methyl sites for hydroxylation is 3. The molecule has 0 aromatic heterocycles. The van der Waals surface area contributed by atoms with Crippen molar-refractivity contribution >= 4 is 10.9 Å². The van der Waals surface area contributed by atoms with Crippen LogP contribution in [0.15, 0.2) is 99.6 Å². The molecule has 0 bridgehead atoms.